The SMILES string of the molecule is c1csc(CN2[C@H]3CC[C@H]2CNC3)n1. The van der Waals surface area contributed by atoms with Crippen LogP contribution in [0.1, 0.15) is 17.8 Å². The lowest BCUT2D eigenvalue weighted by Gasteiger charge is -2.34. The second kappa shape index (κ2) is 3.61. The lowest BCUT2D eigenvalue weighted by Crippen LogP contribution is -2.51. The predicted octanol–water partition coefficient (Wildman–Crippen LogP) is 1.08. The average molecular weight is 209 g/mol. The van der Waals surface area contributed by atoms with E-state index in [9.17, 15) is 0 Å². The fourth-order valence-electron chi connectivity index (χ4n) is 2.62. The molecule has 2 saturated heterocycles. The highest BCUT2D eigenvalue weighted by Gasteiger charge is 2.36. The molecule has 3 heterocycles. The first kappa shape index (κ1) is 8.83. The minimum Gasteiger partial charge on any atom is -0.314 e. The van der Waals surface area contributed by atoms with Crippen LogP contribution < -0.4 is 5.32 Å². The monoisotopic (exact) mass is 209 g/mol. The number of piperazine rings is 1. The minimum absolute atomic E-state index is 0.762. The van der Waals surface area contributed by atoms with Crippen LogP contribution in [0.5, 0.6) is 0 Å². The molecule has 0 aliphatic carbocycles. The van der Waals surface area contributed by atoms with E-state index in [-0.39, 0.29) is 0 Å². The second-order valence-corrected chi connectivity index (χ2v) is 5.12. The van der Waals surface area contributed by atoms with Gasteiger partial charge in [-0.25, -0.2) is 4.98 Å². The predicted molar refractivity (Wildman–Crippen MR) is 57.3 cm³/mol. The van der Waals surface area contributed by atoms with Gasteiger partial charge in [0.05, 0.1) is 6.54 Å². The van der Waals surface area contributed by atoms with E-state index in [1.165, 1.54) is 30.9 Å². The van der Waals surface area contributed by atoms with E-state index < -0.39 is 0 Å². The van der Waals surface area contributed by atoms with E-state index in [1.807, 2.05) is 6.20 Å². The van der Waals surface area contributed by atoms with Crippen LogP contribution in [0.3, 0.4) is 0 Å². The summed E-state index contributed by atoms with van der Waals surface area (Å²) in [5, 5.41) is 6.83. The van der Waals surface area contributed by atoms with Crippen molar-refractivity contribution in [3.63, 3.8) is 0 Å². The van der Waals surface area contributed by atoms with Crippen LogP contribution >= 0.6 is 11.3 Å². The van der Waals surface area contributed by atoms with Crippen LogP contribution in [0.4, 0.5) is 0 Å². The highest BCUT2D eigenvalue weighted by molar-refractivity contribution is 7.09. The topological polar surface area (TPSA) is 28.2 Å². The molecule has 0 radical (unpaired) electrons. The van der Waals surface area contributed by atoms with E-state index >= 15 is 0 Å². The van der Waals surface area contributed by atoms with Crippen molar-refractivity contribution in [3.05, 3.63) is 16.6 Å². The molecule has 0 unspecified atom stereocenters. The van der Waals surface area contributed by atoms with Gasteiger partial charge in [0.2, 0.25) is 0 Å². The summed E-state index contributed by atoms with van der Waals surface area (Å²) < 4.78 is 0. The third-order valence-corrected chi connectivity index (χ3v) is 4.10. The van der Waals surface area contributed by atoms with E-state index in [0.717, 1.165) is 18.6 Å². The van der Waals surface area contributed by atoms with Crippen LogP contribution in [0.25, 0.3) is 0 Å². The van der Waals surface area contributed by atoms with Gasteiger partial charge in [0.1, 0.15) is 5.01 Å². The van der Waals surface area contributed by atoms with Crippen molar-refractivity contribution in [1.82, 2.24) is 15.2 Å². The molecule has 3 nitrogen and oxygen atoms in total. The van der Waals surface area contributed by atoms with Crippen LogP contribution in [0.2, 0.25) is 0 Å². The van der Waals surface area contributed by atoms with Crippen LogP contribution in [0.15, 0.2) is 11.6 Å². The summed E-state index contributed by atoms with van der Waals surface area (Å²) in [7, 11) is 0. The first-order valence-corrected chi connectivity index (χ1v) is 6.16. The summed E-state index contributed by atoms with van der Waals surface area (Å²) in [4.78, 5) is 7.00. The van der Waals surface area contributed by atoms with Crippen molar-refractivity contribution in [3.8, 4) is 0 Å². The number of fused-ring (bicyclic) bond motifs is 2. The summed E-state index contributed by atoms with van der Waals surface area (Å²) in [6.45, 7) is 3.40. The fraction of sp³-hybridized carbons (Fsp3) is 0.700. The summed E-state index contributed by atoms with van der Waals surface area (Å²) in [6.07, 6.45) is 4.64. The van der Waals surface area contributed by atoms with Gasteiger partial charge in [-0.2, -0.15) is 0 Å². The Hall–Kier alpha value is -0.450. The maximum atomic E-state index is 4.36. The number of hydrogen-bond acceptors (Lipinski definition) is 4. The summed E-state index contributed by atoms with van der Waals surface area (Å²) >= 11 is 1.78. The summed E-state index contributed by atoms with van der Waals surface area (Å²) in [5.41, 5.74) is 0. The largest absolute Gasteiger partial charge is 0.314 e. The molecule has 0 spiro atoms. The quantitative estimate of drug-likeness (QED) is 0.790. The van der Waals surface area contributed by atoms with E-state index in [2.05, 4.69) is 20.6 Å². The smallest absolute Gasteiger partial charge is 0.107 e. The maximum Gasteiger partial charge on any atom is 0.107 e. The zero-order valence-electron chi connectivity index (χ0n) is 8.15. The molecule has 2 aliphatic heterocycles. The van der Waals surface area contributed by atoms with Gasteiger partial charge in [-0.1, -0.05) is 0 Å². The third kappa shape index (κ3) is 1.47. The molecule has 0 saturated carbocycles. The molecule has 2 atom stereocenters. The third-order valence-electron chi connectivity index (χ3n) is 3.33. The lowest BCUT2D eigenvalue weighted by molar-refractivity contribution is 0.145. The minimum atomic E-state index is 0.762. The fourth-order valence-corrected chi connectivity index (χ4v) is 3.24. The van der Waals surface area contributed by atoms with Crippen LogP contribution in [-0.4, -0.2) is 35.1 Å². The van der Waals surface area contributed by atoms with Gasteiger partial charge in [-0.15, -0.1) is 11.3 Å². The Morgan fingerprint density at radius 3 is 2.86 bits per heavy atom. The zero-order valence-corrected chi connectivity index (χ0v) is 8.96. The van der Waals surface area contributed by atoms with Crippen molar-refractivity contribution in [2.45, 2.75) is 31.5 Å². The molecule has 1 aromatic heterocycles. The van der Waals surface area contributed by atoms with E-state index in [4.69, 9.17) is 0 Å². The van der Waals surface area contributed by atoms with Crippen molar-refractivity contribution >= 4 is 11.3 Å². The average Bonchev–Trinajstić information content (AvgIpc) is 2.75. The molecular formula is C10H15N3S. The maximum absolute atomic E-state index is 4.36. The summed E-state index contributed by atoms with van der Waals surface area (Å²) in [6, 6.07) is 1.52. The van der Waals surface area contributed by atoms with Crippen molar-refractivity contribution in [2.75, 3.05) is 13.1 Å². The molecule has 14 heavy (non-hydrogen) atoms. The lowest BCUT2D eigenvalue weighted by atomic mass is 10.2. The number of aromatic nitrogens is 1. The second-order valence-electron chi connectivity index (χ2n) is 4.14. The van der Waals surface area contributed by atoms with E-state index in [0.29, 0.717) is 0 Å². The molecule has 2 fully saturated rings. The Morgan fingerprint density at radius 2 is 2.21 bits per heavy atom. The molecule has 1 aromatic rings. The van der Waals surface area contributed by atoms with Gasteiger partial charge in [-0.3, -0.25) is 4.90 Å². The number of hydrogen-bond donors (Lipinski definition) is 1. The molecule has 2 bridgehead atoms. The van der Waals surface area contributed by atoms with Gasteiger partial charge in [0.15, 0.2) is 0 Å². The van der Waals surface area contributed by atoms with Gasteiger partial charge in [-0.05, 0) is 12.8 Å². The molecule has 1 N–H and O–H groups in total. The Bertz CT molecular complexity index is 282. The first-order chi connectivity index (χ1) is 6.93. The number of nitrogens with one attached hydrogen (secondary N) is 1. The standard InChI is InChI=1S/C10H15N3S/c1-2-9-6-11-5-8(1)13(9)7-10-12-3-4-14-10/h3-4,8-9,11H,1-2,5-7H2/t8-,9-/m0/s1. The molecule has 3 rings (SSSR count). The molecular weight excluding hydrogens is 194 g/mol. The van der Waals surface area contributed by atoms with Crippen LogP contribution in [0, 0.1) is 0 Å². The highest BCUT2D eigenvalue weighted by Crippen LogP contribution is 2.28. The van der Waals surface area contributed by atoms with Gasteiger partial charge >= 0.3 is 0 Å². The number of rotatable bonds is 2. The first-order valence-electron chi connectivity index (χ1n) is 5.28. The normalized spacial score (nSPS) is 32.3. The highest BCUT2D eigenvalue weighted by atomic mass is 32.1. The molecule has 2 aliphatic rings. The Labute approximate surface area is 88.1 Å². The van der Waals surface area contributed by atoms with Crippen molar-refractivity contribution in [2.24, 2.45) is 0 Å². The summed E-state index contributed by atoms with van der Waals surface area (Å²) in [5.74, 6) is 0. The zero-order chi connectivity index (χ0) is 9.38. The van der Waals surface area contributed by atoms with Crippen LogP contribution in [-0.2, 0) is 6.54 Å². The van der Waals surface area contributed by atoms with Gasteiger partial charge in [0.25, 0.3) is 0 Å². The Morgan fingerprint density at radius 1 is 1.43 bits per heavy atom. The molecule has 0 amide bonds. The molecule has 4 heteroatoms. The van der Waals surface area contributed by atoms with Crippen molar-refractivity contribution < 1.29 is 0 Å². The van der Waals surface area contributed by atoms with E-state index in [1.54, 1.807) is 11.3 Å². The van der Waals surface area contributed by atoms with Gasteiger partial charge in [0, 0.05) is 36.8 Å². The molecule has 76 valence electrons. The number of nitrogens with zero attached hydrogens (tertiary/aromatic N) is 2. The molecule has 0 aromatic carbocycles. The van der Waals surface area contributed by atoms with Gasteiger partial charge < -0.3 is 5.32 Å². The van der Waals surface area contributed by atoms with Crippen molar-refractivity contribution in [1.29, 1.82) is 0 Å². The Kier molecular flexibility index (Phi) is 2.27. The number of thiazole rings is 1. The Balaban J connectivity index is 1.73.